The molecule has 3 rings (SSSR count). The first kappa shape index (κ1) is 26.0. The van der Waals surface area contributed by atoms with Gasteiger partial charge in [0.05, 0.1) is 22.1 Å². The van der Waals surface area contributed by atoms with Gasteiger partial charge in [-0.25, -0.2) is 22.6 Å². The predicted octanol–water partition coefficient (Wildman–Crippen LogP) is 6.43. The van der Waals surface area contributed by atoms with Crippen LogP contribution in [0.5, 0.6) is 0 Å². The zero-order chi connectivity index (χ0) is 25.6. The zero-order valence-electron chi connectivity index (χ0n) is 18.9. The fraction of sp³-hybridized carbons (Fsp3) is 0.154. The minimum atomic E-state index is -3.15. The number of carbonyl (C=O) groups excluding carboxylic acids is 1. The quantitative estimate of drug-likeness (QED) is 0.275. The molecule has 0 atom stereocenters. The highest BCUT2D eigenvalue weighted by molar-refractivity contribution is 6.33. The standard InChI is InChI=1S/C26H22ClF4N3O/c1-26(30,31)24(32-2)14-23(34-22-6-4-3-5-20(22)27)16-7-9-17(10-8-16)25(35)33-15-18-13-19(28)11-12-21(18)29/h3-14,32H,15H2,1-2H3,(H,33,35). The number of benzene rings is 3. The van der Waals surface area contributed by atoms with Crippen LogP contribution in [0.1, 0.15) is 28.4 Å². The van der Waals surface area contributed by atoms with Gasteiger partial charge in [-0.05, 0) is 48.5 Å². The van der Waals surface area contributed by atoms with E-state index in [4.69, 9.17) is 11.6 Å². The summed E-state index contributed by atoms with van der Waals surface area (Å²) in [4.78, 5) is 16.9. The number of nitrogens with zero attached hydrogens (tertiary/aromatic N) is 1. The van der Waals surface area contributed by atoms with Crippen LogP contribution in [-0.4, -0.2) is 24.6 Å². The number of para-hydroxylation sites is 1. The molecule has 0 aliphatic carbocycles. The number of rotatable bonds is 8. The Bertz CT molecular complexity index is 1270. The van der Waals surface area contributed by atoms with Crippen molar-refractivity contribution in [1.29, 1.82) is 0 Å². The summed E-state index contributed by atoms with van der Waals surface area (Å²) in [7, 11) is 1.38. The number of amides is 1. The van der Waals surface area contributed by atoms with Gasteiger partial charge in [0, 0.05) is 37.2 Å². The average molecular weight is 504 g/mol. The molecule has 2 N–H and O–H groups in total. The van der Waals surface area contributed by atoms with Crippen molar-refractivity contribution in [2.45, 2.75) is 19.4 Å². The molecule has 0 unspecified atom stereocenters. The Labute approximate surface area is 205 Å². The molecule has 0 fully saturated rings. The molecule has 0 spiro atoms. The molecule has 182 valence electrons. The lowest BCUT2D eigenvalue weighted by atomic mass is 10.0. The average Bonchev–Trinajstić information content (AvgIpc) is 2.82. The van der Waals surface area contributed by atoms with Gasteiger partial charge < -0.3 is 10.6 Å². The van der Waals surface area contributed by atoms with Crippen LogP contribution in [-0.2, 0) is 6.54 Å². The molecule has 35 heavy (non-hydrogen) atoms. The van der Waals surface area contributed by atoms with Crippen LogP contribution < -0.4 is 10.6 Å². The summed E-state index contributed by atoms with van der Waals surface area (Å²) < 4.78 is 55.1. The molecular weight excluding hydrogens is 482 g/mol. The van der Waals surface area contributed by atoms with E-state index in [1.807, 2.05) is 0 Å². The molecule has 0 aliphatic heterocycles. The Morgan fingerprint density at radius 2 is 1.69 bits per heavy atom. The fourth-order valence-electron chi connectivity index (χ4n) is 3.16. The van der Waals surface area contributed by atoms with E-state index >= 15 is 0 Å². The van der Waals surface area contributed by atoms with E-state index in [1.165, 1.54) is 25.3 Å². The van der Waals surface area contributed by atoms with Gasteiger partial charge in [0.15, 0.2) is 0 Å². The van der Waals surface area contributed by atoms with Crippen LogP contribution in [0.25, 0.3) is 0 Å². The van der Waals surface area contributed by atoms with Crippen LogP contribution >= 0.6 is 11.6 Å². The second-order valence-electron chi connectivity index (χ2n) is 7.64. The molecule has 0 bridgehead atoms. The molecule has 1 amide bonds. The van der Waals surface area contributed by atoms with Gasteiger partial charge in [-0.2, -0.15) is 0 Å². The SMILES string of the molecule is CNC(=CC(=Nc1ccccc1Cl)c1ccc(C(=O)NCc2cc(F)ccc2F)cc1)C(C)(F)F. The highest BCUT2D eigenvalue weighted by Gasteiger charge is 2.27. The van der Waals surface area contributed by atoms with Gasteiger partial charge >= 0.3 is 0 Å². The molecule has 3 aromatic rings. The summed E-state index contributed by atoms with van der Waals surface area (Å²) >= 11 is 6.19. The summed E-state index contributed by atoms with van der Waals surface area (Å²) in [5.74, 6) is -4.92. The molecule has 0 aromatic heterocycles. The number of carbonyl (C=O) groups is 1. The first-order valence-electron chi connectivity index (χ1n) is 10.5. The van der Waals surface area contributed by atoms with E-state index in [-0.39, 0.29) is 29.1 Å². The van der Waals surface area contributed by atoms with Crippen LogP contribution in [0.15, 0.2) is 83.5 Å². The number of aliphatic imine (C=N–C) groups is 1. The Morgan fingerprint density at radius 1 is 1.03 bits per heavy atom. The van der Waals surface area contributed by atoms with E-state index in [0.717, 1.165) is 25.1 Å². The topological polar surface area (TPSA) is 53.5 Å². The number of halogens is 5. The molecule has 0 saturated carbocycles. The monoisotopic (exact) mass is 503 g/mol. The van der Waals surface area contributed by atoms with Gasteiger partial charge in [-0.15, -0.1) is 0 Å². The molecule has 4 nitrogen and oxygen atoms in total. The lowest BCUT2D eigenvalue weighted by Gasteiger charge is -2.16. The molecule has 0 aliphatic rings. The lowest BCUT2D eigenvalue weighted by molar-refractivity contribution is 0.0571. The summed E-state index contributed by atoms with van der Waals surface area (Å²) in [5, 5.41) is 5.36. The summed E-state index contributed by atoms with van der Waals surface area (Å²) in [6, 6.07) is 15.7. The highest BCUT2D eigenvalue weighted by atomic mass is 35.5. The third-order valence-corrected chi connectivity index (χ3v) is 5.33. The van der Waals surface area contributed by atoms with Crippen molar-refractivity contribution in [3.63, 3.8) is 0 Å². The van der Waals surface area contributed by atoms with Crippen molar-refractivity contribution in [3.8, 4) is 0 Å². The molecule has 0 saturated heterocycles. The normalized spacial score (nSPS) is 12.4. The maximum absolute atomic E-state index is 14.0. The molecule has 9 heteroatoms. The van der Waals surface area contributed by atoms with E-state index in [0.29, 0.717) is 16.3 Å². The van der Waals surface area contributed by atoms with Gasteiger partial charge in [-0.1, -0.05) is 35.9 Å². The maximum Gasteiger partial charge on any atom is 0.284 e. The first-order chi connectivity index (χ1) is 16.6. The fourth-order valence-corrected chi connectivity index (χ4v) is 3.33. The largest absolute Gasteiger partial charge is 0.387 e. The third kappa shape index (κ3) is 6.93. The van der Waals surface area contributed by atoms with E-state index < -0.39 is 23.5 Å². The van der Waals surface area contributed by atoms with Crippen molar-refractivity contribution in [3.05, 3.63) is 112 Å². The smallest absolute Gasteiger partial charge is 0.284 e. The van der Waals surface area contributed by atoms with Crippen molar-refractivity contribution in [2.75, 3.05) is 7.05 Å². The Kier molecular flexibility index (Phi) is 8.30. The van der Waals surface area contributed by atoms with E-state index in [9.17, 15) is 22.4 Å². The second-order valence-corrected chi connectivity index (χ2v) is 8.05. The van der Waals surface area contributed by atoms with Crippen molar-refractivity contribution < 1.29 is 22.4 Å². The second kappa shape index (κ2) is 11.2. The summed E-state index contributed by atoms with van der Waals surface area (Å²) in [6.45, 7) is 0.556. The van der Waals surface area contributed by atoms with Crippen LogP contribution in [0.4, 0.5) is 23.2 Å². The lowest BCUT2D eigenvalue weighted by Crippen LogP contribution is -2.25. The number of hydrogen-bond acceptors (Lipinski definition) is 3. The number of hydrogen-bond donors (Lipinski definition) is 2. The van der Waals surface area contributed by atoms with E-state index in [1.54, 1.807) is 36.4 Å². The van der Waals surface area contributed by atoms with Crippen LogP contribution in [0.2, 0.25) is 5.02 Å². The summed E-state index contributed by atoms with van der Waals surface area (Å²) in [5.41, 5.74) is 0.916. The number of allylic oxidation sites excluding steroid dienone is 2. The van der Waals surface area contributed by atoms with Crippen molar-refractivity contribution >= 4 is 28.9 Å². The van der Waals surface area contributed by atoms with E-state index in [2.05, 4.69) is 15.6 Å². The number of alkyl halides is 2. The third-order valence-electron chi connectivity index (χ3n) is 5.01. The molecule has 3 aromatic carbocycles. The molecular formula is C26H22ClF4N3O. The Balaban J connectivity index is 1.89. The van der Waals surface area contributed by atoms with Gasteiger partial charge in [0.1, 0.15) is 11.6 Å². The van der Waals surface area contributed by atoms with Crippen LogP contribution in [0, 0.1) is 11.6 Å². The van der Waals surface area contributed by atoms with Crippen molar-refractivity contribution in [2.24, 2.45) is 4.99 Å². The maximum atomic E-state index is 14.0. The Hall–Kier alpha value is -3.65. The molecule has 0 heterocycles. The molecule has 0 radical (unpaired) electrons. The minimum Gasteiger partial charge on any atom is -0.387 e. The number of nitrogens with one attached hydrogen (secondary N) is 2. The van der Waals surface area contributed by atoms with Crippen LogP contribution in [0.3, 0.4) is 0 Å². The predicted molar refractivity (Wildman–Crippen MR) is 129 cm³/mol. The Morgan fingerprint density at radius 3 is 2.31 bits per heavy atom. The van der Waals surface area contributed by atoms with Gasteiger partial charge in [0.25, 0.3) is 11.8 Å². The van der Waals surface area contributed by atoms with Crippen molar-refractivity contribution in [1.82, 2.24) is 10.6 Å². The first-order valence-corrected chi connectivity index (χ1v) is 10.9. The highest BCUT2D eigenvalue weighted by Crippen LogP contribution is 2.27. The zero-order valence-corrected chi connectivity index (χ0v) is 19.6. The minimum absolute atomic E-state index is 0.00866. The van der Waals surface area contributed by atoms with Gasteiger partial charge in [0.2, 0.25) is 0 Å². The summed E-state index contributed by atoms with van der Waals surface area (Å²) in [6.07, 6.45) is 1.21. The van der Waals surface area contributed by atoms with Gasteiger partial charge in [-0.3, -0.25) is 4.79 Å².